The van der Waals surface area contributed by atoms with E-state index in [1.165, 1.54) is 6.42 Å². The smallest absolute Gasteiger partial charge is 0.271 e. The molecule has 1 aliphatic rings. The molecule has 1 N–H and O–H groups in total. The number of aryl methyl sites for hydroxylation is 1. The number of rotatable bonds is 3. The lowest BCUT2D eigenvalue weighted by Gasteiger charge is -2.26. The summed E-state index contributed by atoms with van der Waals surface area (Å²) in [5.41, 5.74) is 1.78. The molecule has 0 bridgehead atoms. The number of imidazole rings is 1. The highest BCUT2D eigenvalue weighted by Crippen LogP contribution is 2.31. The van der Waals surface area contributed by atoms with Gasteiger partial charge in [0, 0.05) is 19.5 Å². The van der Waals surface area contributed by atoms with Crippen molar-refractivity contribution in [3.05, 3.63) is 17.2 Å². The molecule has 1 aromatic heterocycles. The van der Waals surface area contributed by atoms with Gasteiger partial charge < -0.3 is 9.88 Å². The Morgan fingerprint density at radius 2 is 2.29 bits per heavy atom. The standard InChI is InChI=1S/C13H21N3O/c1-4-9-7-6-8-10-12(13(17)14-3)15-11(5-2)16(9)10/h9H,4-8H2,1-3H3,(H,14,17). The number of carbonyl (C=O) groups is 1. The first-order valence-electron chi connectivity index (χ1n) is 6.54. The lowest BCUT2D eigenvalue weighted by Crippen LogP contribution is -2.23. The molecule has 2 rings (SSSR count). The van der Waals surface area contributed by atoms with Crippen LogP contribution in [0.5, 0.6) is 0 Å². The third kappa shape index (κ3) is 1.96. The predicted molar refractivity (Wildman–Crippen MR) is 67.3 cm³/mol. The number of carbonyl (C=O) groups excluding carboxylic acids is 1. The maximum Gasteiger partial charge on any atom is 0.271 e. The van der Waals surface area contributed by atoms with Gasteiger partial charge in [0.25, 0.3) is 5.91 Å². The maximum absolute atomic E-state index is 11.8. The van der Waals surface area contributed by atoms with Crippen molar-refractivity contribution in [3.63, 3.8) is 0 Å². The number of aromatic nitrogens is 2. The highest BCUT2D eigenvalue weighted by Gasteiger charge is 2.27. The van der Waals surface area contributed by atoms with Crippen LogP contribution in [0, 0.1) is 0 Å². The maximum atomic E-state index is 11.8. The molecule has 0 aromatic carbocycles. The van der Waals surface area contributed by atoms with E-state index >= 15 is 0 Å². The van der Waals surface area contributed by atoms with Gasteiger partial charge >= 0.3 is 0 Å². The normalized spacial score (nSPS) is 18.9. The molecule has 2 heterocycles. The van der Waals surface area contributed by atoms with E-state index in [-0.39, 0.29) is 5.91 Å². The van der Waals surface area contributed by atoms with E-state index in [2.05, 4.69) is 28.7 Å². The first kappa shape index (κ1) is 12.1. The second-order valence-electron chi connectivity index (χ2n) is 4.58. The zero-order chi connectivity index (χ0) is 12.4. The van der Waals surface area contributed by atoms with Gasteiger partial charge in [-0.25, -0.2) is 4.98 Å². The SMILES string of the molecule is CCc1nc(C(=O)NC)c2n1C(CC)CCC2. The van der Waals surface area contributed by atoms with Gasteiger partial charge in [-0.1, -0.05) is 13.8 Å². The zero-order valence-corrected chi connectivity index (χ0v) is 10.9. The summed E-state index contributed by atoms with van der Waals surface area (Å²) in [7, 11) is 1.67. The van der Waals surface area contributed by atoms with Crippen LogP contribution in [0.15, 0.2) is 0 Å². The van der Waals surface area contributed by atoms with Gasteiger partial charge in [-0.3, -0.25) is 4.79 Å². The van der Waals surface area contributed by atoms with E-state index in [4.69, 9.17) is 0 Å². The Bertz CT molecular complexity index is 423. The van der Waals surface area contributed by atoms with Crippen molar-refractivity contribution >= 4 is 5.91 Å². The summed E-state index contributed by atoms with van der Waals surface area (Å²) < 4.78 is 2.31. The van der Waals surface area contributed by atoms with E-state index in [0.717, 1.165) is 37.2 Å². The molecule has 0 saturated heterocycles. The van der Waals surface area contributed by atoms with E-state index in [1.54, 1.807) is 7.05 Å². The first-order chi connectivity index (χ1) is 8.22. The van der Waals surface area contributed by atoms with Crippen LogP contribution in [0.25, 0.3) is 0 Å². The highest BCUT2D eigenvalue weighted by atomic mass is 16.1. The van der Waals surface area contributed by atoms with Gasteiger partial charge in [0.1, 0.15) is 11.5 Å². The fourth-order valence-corrected chi connectivity index (χ4v) is 2.76. The molecule has 0 spiro atoms. The van der Waals surface area contributed by atoms with Crippen molar-refractivity contribution in [3.8, 4) is 0 Å². The van der Waals surface area contributed by atoms with Crippen LogP contribution in [0.4, 0.5) is 0 Å². The Balaban J connectivity index is 2.51. The zero-order valence-electron chi connectivity index (χ0n) is 10.9. The van der Waals surface area contributed by atoms with E-state index < -0.39 is 0 Å². The molecule has 1 aromatic rings. The Kier molecular flexibility index (Phi) is 3.50. The van der Waals surface area contributed by atoms with Crippen LogP contribution in [0.2, 0.25) is 0 Å². The number of nitrogens with one attached hydrogen (secondary N) is 1. The predicted octanol–water partition coefficient (Wildman–Crippen LogP) is 2.09. The van der Waals surface area contributed by atoms with Crippen LogP contribution in [-0.2, 0) is 12.8 Å². The van der Waals surface area contributed by atoms with Gasteiger partial charge in [-0.15, -0.1) is 0 Å². The lowest BCUT2D eigenvalue weighted by atomic mass is 9.99. The summed E-state index contributed by atoms with van der Waals surface area (Å²) in [6.07, 6.45) is 5.35. The Hall–Kier alpha value is -1.32. The molecular weight excluding hydrogens is 214 g/mol. The van der Waals surface area contributed by atoms with E-state index in [0.29, 0.717) is 11.7 Å². The topological polar surface area (TPSA) is 46.9 Å². The molecule has 1 aliphatic heterocycles. The minimum atomic E-state index is -0.0507. The molecule has 0 radical (unpaired) electrons. The fraction of sp³-hybridized carbons (Fsp3) is 0.692. The molecule has 1 atom stereocenters. The van der Waals surface area contributed by atoms with E-state index in [1.807, 2.05) is 0 Å². The third-order valence-corrected chi connectivity index (χ3v) is 3.63. The summed E-state index contributed by atoms with van der Waals surface area (Å²) >= 11 is 0. The summed E-state index contributed by atoms with van der Waals surface area (Å²) in [5, 5.41) is 2.69. The molecule has 0 fully saturated rings. The monoisotopic (exact) mass is 235 g/mol. The minimum Gasteiger partial charge on any atom is -0.354 e. The van der Waals surface area contributed by atoms with Crippen molar-refractivity contribution in [2.24, 2.45) is 0 Å². The Labute approximate surface area is 102 Å². The molecule has 17 heavy (non-hydrogen) atoms. The minimum absolute atomic E-state index is 0.0507. The molecule has 0 aliphatic carbocycles. The highest BCUT2D eigenvalue weighted by molar-refractivity contribution is 5.93. The number of amides is 1. The molecule has 0 saturated carbocycles. The molecule has 1 unspecified atom stereocenters. The van der Waals surface area contributed by atoms with Crippen molar-refractivity contribution in [1.29, 1.82) is 0 Å². The average molecular weight is 235 g/mol. The number of fused-ring (bicyclic) bond motifs is 1. The van der Waals surface area contributed by atoms with Crippen LogP contribution in [0.1, 0.15) is 61.2 Å². The summed E-state index contributed by atoms with van der Waals surface area (Å²) in [6, 6.07) is 0.527. The molecule has 1 amide bonds. The number of hydrogen-bond acceptors (Lipinski definition) is 2. The van der Waals surface area contributed by atoms with Gasteiger partial charge in [0.15, 0.2) is 0 Å². The van der Waals surface area contributed by atoms with Gasteiger partial charge in [0.05, 0.1) is 5.69 Å². The summed E-state index contributed by atoms with van der Waals surface area (Å²) in [6.45, 7) is 4.31. The summed E-state index contributed by atoms with van der Waals surface area (Å²) in [4.78, 5) is 16.4. The van der Waals surface area contributed by atoms with Crippen LogP contribution in [-0.4, -0.2) is 22.5 Å². The number of nitrogens with zero attached hydrogens (tertiary/aromatic N) is 2. The lowest BCUT2D eigenvalue weighted by molar-refractivity contribution is 0.0957. The second-order valence-corrected chi connectivity index (χ2v) is 4.58. The molecule has 4 nitrogen and oxygen atoms in total. The van der Waals surface area contributed by atoms with Crippen molar-refractivity contribution in [1.82, 2.24) is 14.9 Å². The Morgan fingerprint density at radius 3 is 2.88 bits per heavy atom. The quantitative estimate of drug-likeness (QED) is 0.872. The van der Waals surface area contributed by atoms with E-state index in [9.17, 15) is 4.79 Å². The number of hydrogen-bond donors (Lipinski definition) is 1. The molecule has 94 valence electrons. The molecular formula is C13H21N3O. The van der Waals surface area contributed by atoms with Gasteiger partial charge in [-0.05, 0) is 25.7 Å². The van der Waals surface area contributed by atoms with Gasteiger partial charge in [0.2, 0.25) is 0 Å². The van der Waals surface area contributed by atoms with Crippen molar-refractivity contribution < 1.29 is 4.79 Å². The van der Waals surface area contributed by atoms with Crippen molar-refractivity contribution in [2.45, 2.75) is 52.0 Å². The fourth-order valence-electron chi connectivity index (χ4n) is 2.76. The van der Waals surface area contributed by atoms with Crippen molar-refractivity contribution in [2.75, 3.05) is 7.05 Å². The third-order valence-electron chi connectivity index (χ3n) is 3.63. The van der Waals surface area contributed by atoms with Crippen LogP contribution < -0.4 is 5.32 Å². The van der Waals surface area contributed by atoms with Crippen LogP contribution >= 0.6 is 0 Å². The van der Waals surface area contributed by atoms with Crippen LogP contribution in [0.3, 0.4) is 0 Å². The largest absolute Gasteiger partial charge is 0.354 e. The second kappa shape index (κ2) is 4.90. The average Bonchev–Trinajstić information content (AvgIpc) is 2.76. The Morgan fingerprint density at radius 1 is 1.53 bits per heavy atom. The first-order valence-corrected chi connectivity index (χ1v) is 6.54. The molecule has 4 heteroatoms. The summed E-state index contributed by atoms with van der Waals surface area (Å²) in [5.74, 6) is 1.01. The van der Waals surface area contributed by atoms with Gasteiger partial charge in [-0.2, -0.15) is 0 Å².